The van der Waals surface area contributed by atoms with E-state index in [0.717, 1.165) is 26.8 Å². The molecule has 3 nitrogen and oxygen atoms in total. The predicted molar refractivity (Wildman–Crippen MR) is 104 cm³/mol. The number of hydrogen-bond acceptors (Lipinski definition) is 3. The fourth-order valence-electron chi connectivity index (χ4n) is 2.79. The lowest BCUT2D eigenvalue weighted by Crippen LogP contribution is -2.23. The minimum absolute atomic E-state index is 0.135. The molecule has 0 aliphatic rings. The number of amides is 1. The molecule has 1 amide bonds. The highest BCUT2D eigenvalue weighted by Gasteiger charge is 2.16. The highest BCUT2D eigenvalue weighted by atomic mass is 32.1. The van der Waals surface area contributed by atoms with E-state index in [1.165, 1.54) is 23.5 Å². The zero-order valence-electron chi connectivity index (χ0n) is 15.1. The van der Waals surface area contributed by atoms with Crippen molar-refractivity contribution in [3.63, 3.8) is 0 Å². The number of halogens is 1. The highest BCUT2D eigenvalue weighted by molar-refractivity contribution is 7.21. The number of carbonyl (C=O) groups excluding carboxylic acids is 1. The number of carbonyl (C=O) groups is 1. The first-order valence-electron chi connectivity index (χ1n) is 8.61. The van der Waals surface area contributed by atoms with Gasteiger partial charge in [0.15, 0.2) is 0 Å². The van der Waals surface area contributed by atoms with Crippen molar-refractivity contribution in [1.29, 1.82) is 0 Å². The number of benzene rings is 2. The summed E-state index contributed by atoms with van der Waals surface area (Å²) in [5.41, 5.74) is 2.92. The van der Waals surface area contributed by atoms with E-state index in [4.69, 9.17) is 4.74 Å². The summed E-state index contributed by atoms with van der Waals surface area (Å²) in [6.07, 6.45) is 0.152. The van der Waals surface area contributed by atoms with E-state index in [1.807, 2.05) is 45.0 Å². The largest absolute Gasteiger partial charge is 0.374 e. The monoisotopic (exact) mass is 371 g/mol. The third-order valence-electron chi connectivity index (χ3n) is 4.23. The molecule has 3 rings (SSSR count). The first-order chi connectivity index (χ1) is 12.5. The molecule has 2 aromatic carbocycles. The molecule has 5 heteroatoms. The molecule has 26 heavy (non-hydrogen) atoms. The van der Waals surface area contributed by atoms with Gasteiger partial charge in [-0.3, -0.25) is 4.79 Å². The van der Waals surface area contributed by atoms with Gasteiger partial charge in [0.2, 0.25) is 0 Å². The van der Waals surface area contributed by atoms with Crippen LogP contribution in [0.15, 0.2) is 42.5 Å². The van der Waals surface area contributed by atoms with Crippen LogP contribution in [0.4, 0.5) is 4.39 Å². The number of thiophene rings is 1. The Hall–Kier alpha value is -2.24. The van der Waals surface area contributed by atoms with Gasteiger partial charge in [0.05, 0.1) is 17.6 Å². The maximum absolute atomic E-state index is 13.5. The Balaban J connectivity index is 1.75. The molecule has 0 saturated heterocycles. The molecule has 1 heterocycles. The molecule has 136 valence electrons. The second-order valence-electron chi connectivity index (χ2n) is 6.51. The summed E-state index contributed by atoms with van der Waals surface area (Å²) < 4.78 is 20.1. The molecule has 0 aliphatic heterocycles. The van der Waals surface area contributed by atoms with Gasteiger partial charge in [-0.15, -0.1) is 11.3 Å². The molecule has 3 aromatic rings. The van der Waals surface area contributed by atoms with Crippen LogP contribution in [0, 0.1) is 12.7 Å². The minimum atomic E-state index is -0.288. The summed E-state index contributed by atoms with van der Waals surface area (Å²) in [6.45, 7) is 6.80. The molecule has 0 atom stereocenters. The zero-order valence-corrected chi connectivity index (χ0v) is 16.0. The van der Waals surface area contributed by atoms with E-state index in [0.29, 0.717) is 18.0 Å². The van der Waals surface area contributed by atoms with Crippen molar-refractivity contribution >= 4 is 27.3 Å². The van der Waals surface area contributed by atoms with Crippen LogP contribution in [0.2, 0.25) is 0 Å². The molecule has 1 N–H and O–H groups in total. The molecule has 0 radical (unpaired) electrons. The van der Waals surface area contributed by atoms with Crippen LogP contribution in [-0.4, -0.2) is 12.0 Å². The van der Waals surface area contributed by atoms with E-state index in [9.17, 15) is 9.18 Å². The molecular formula is C21H22FNO2S. The lowest BCUT2D eigenvalue weighted by Gasteiger charge is -2.12. The van der Waals surface area contributed by atoms with Crippen molar-refractivity contribution in [3.05, 3.63) is 69.8 Å². The Morgan fingerprint density at radius 2 is 1.92 bits per heavy atom. The van der Waals surface area contributed by atoms with Gasteiger partial charge in [0.25, 0.3) is 5.91 Å². The van der Waals surface area contributed by atoms with Gasteiger partial charge in [-0.2, -0.15) is 0 Å². The summed E-state index contributed by atoms with van der Waals surface area (Å²) in [6, 6.07) is 12.5. The normalized spacial score (nSPS) is 11.3. The molecule has 0 fully saturated rings. The molecule has 0 saturated carbocycles. The third-order valence-corrected chi connectivity index (χ3v) is 5.51. The molecular weight excluding hydrogens is 349 g/mol. The van der Waals surface area contributed by atoms with E-state index in [1.54, 1.807) is 6.07 Å². The Kier molecular flexibility index (Phi) is 5.69. The number of nitrogens with one attached hydrogen (secondary N) is 1. The highest BCUT2D eigenvalue weighted by Crippen LogP contribution is 2.31. The lowest BCUT2D eigenvalue weighted by molar-refractivity contribution is 0.0651. The first-order valence-corrected chi connectivity index (χ1v) is 9.42. The fraction of sp³-hybridized carbons (Fsp3) is 0.286. The van der Waals surface area contributed by atoms with Crippen LogP contribution in [0.1, 0.15) is 40.2 Å². The van der Waals surface area contributed by atoms with Crippen LogP contribution < -0.4 is 5.32 Å². The molecule has 0 spiro atoms. The van der Waals surface area contributed by atoms with Gasteiger partial charge in [-0.1, -0.05) is 24.3 Å². The number of fused-ring (bicyclic) bond motifs is 1. The Morgan fingerprint density at radius 1 is 1.19 bits per heavy atom. The fourth-order valence-corrected chi connectivity index (χ4v) is 3.90. The van der Waals surface area contributed by atoms with Gasteiger partial charge < -0.3 is 10.1 Å². The van der Waals surface area contributed by atoms with Gasteiger partial charge >= 0.3 is 0 Å². The average Bonchev–Trinajstić information content (AvgIpc) is 2.95. The summed E-state index contributed by atoms with van der Waals surface area (Å²) in [5.74, 6) is -0.423. The third kappa shape index (κ3) is 4.11. The van der Waals surface area contributed by atoms with E-state index in [-0.39, 0.29) is 17.8 Å². The molecule has 0 aliphatic carbocycles. The topological polar surface area (TPSA) is 38.3 Å². The number of aryl methyl sites for hydroxylation is 1. The van der Waals surface area contributed by atoms with Crippen LogP contribution in [0.5, 0.6) is 0 Å². The van der Waals surface area contributed by atoms with Gasteiger partial charge in [0.1, 0.15) is 5.82 Å². The summed E-state index contributed by atoms with van der Waals surface area (Å²) in [4.78, 5) is 13.3. The Bertz CT molecular complexity index is 933. The summed E-state index contributed by atoms with van der Waals surface area (Å²) in [5, 5.41) is 3.78. The van der Waals surface area contributed by atoms with E-state index >= 15 is 0 Å². The maximum atomic E-state index is 13.5. The Labute approximate surface area is 156 Å². The SMILES string of the molecule is Cc1c(C(=O)NCc2ccccc2COC(C)C)sc2ccc(F)cc12. The Morgan fingerprint density at radius 3 is 2.65 bits per heavy atom. The van der Waals surface area contributed by atoms with E-state index in [2.05, 4.69) is 5.32 Å². The van der Waals surface area contributed by atoms with Crippen LogP contribution in [0.3, 0.4) is 0 Å². The standard InChI is InChI=1S/C21H22FNO2S/c1-13(2)25-12-16-7-5-4-6-15(16)11-23-21(24)20-14(3)18-10-17(22)8-9-19(18)26-20/h4-10,13H,11-12H2,1-3H3,(H,23,24). The van der Waals surface area contributed by atoms with Crippen LogP contribution in [-0.2, 0) is 17.9 Å². The molecule has 0 bridgehead atoms. The van der Waals surface area contributed by atoms with Crippen molar-refractivity contribution in [1.82, 2.24) is 5.32 Å². The molecule has 0 unspecified atom stereocenters. The quantitative estimate of drug-likeness (QED) is 0.646. The van der Waals surface area contributed by atoms with Crippen molar-refractivity contribution in [2.24, 2.45) is 0 Å². The predicted octanol–water partition coefficient (Wildman–Crippen LogP) is 5.20. The maximum Gasteiger partial charge on any atom is 0.261 e. The number of rotatable bonds is 6. The smallest absolute Gasteiger partial charge is 0.261 e. The average molecular weight is 371 g/mol. The summed E-state index contributed by atoms with van der Waals surface area (Å²) in [7, 11) is 0. The van der Waals surface area contributed by atoms with Gasteiger partial charge in [-0.25, -0.2) is 4.39 Å². The zero-order chi connectivity index (χ0) is 18.7. The van der Waals surface area contributed by atoms with Crippen molar-refractivity contribution in [3.8, 4) is 0 Å². The van der Waals surface area contributed by atoms with E-state index < -0.39 is 0 Å². The minimum Gasteiger partial charge on any atom is -0.374 e. The van der Waals surface area contributed by atoms with Crippen molar-refractivity contribution in [2.45, 2.75) is 40.0 Å². The van der Waals surface area contributed by atoms with Gasteiger partial charge in [0, 0.05) is 11.2 Å². The second kappa shape index (κ2) is 7.98. The number of ether oxygens (including phenoxy) is 1. The second-order valence-corrected chi connectivity index (χ2v) is 7.56. The van der Waals surface area contributed by atoms with Crippen LogP contribution >= 0.6 is 11.3 Å². The number of hydrogen-bond donors (Lipinski definition) is 1. The van der Waals surface area contributed by atoms with Crippen LogP contribution in [0.25, 0.3) is 10.1 Å². The first kappa shape index (κ1) is 18.5. The van der Waals surface area contributed by atoms with Crippen molar-refractivity contribution in [2.75, 3.05) is 0 Å². The summed E-state index contributed by atoms with van der Waals surface area (Å²) >= 11 is 1.39. The van der Waals surface area contributed by atoms with Crippen molar-refractivity contribution < 1.29 is 13.9 Å². The molecule has 1 aromatic heterocycles. The van der Waals surface area contributed by atoms with Gasteiger partial charge in [-0.05, 0) is 61.0 Å². The lowest BCUT2D eigenvalue weighted by atomic mass is 10.1.